The minimum Gasteiger partial charge on any atom is -0.351 e. The van der Waals surface area contributed by atoms with Gasteiger partial charge in [0.2, 0.25) is 12.2 Å². The number of ether oxygens (including phenoxy) is 2. The number of nitrogens with one attached hydrogen (secondary N) is 3. The number of carbonyl (C=O) groups is 1. The average Bonchev–Trinajstić information content (AvgIpc) is 3.47. The highest BCUT2D eigenvalue weighted by molar-refractivity contribution is 5.94. The summed E-state index contributed by atoms with van der Waals surface area (Å²) in [6.45, 7) is 3.12. The number of carbonyl (C=O) groups excluding carboxylic acids is 1. The zero-order valence-corrected chi connectivity index (χ0v) is 23.6. The minimum absolute atomic E-state index is 0.138. The third-order valence-corrected chi connectivity index (χ3v) is 7.79. The fraction of sp³-hybridized carbons (Fsp3) is 0.375. The Morgan fingerprint density at radius 1 is 1.00 bits per heavy atom. The van der Waals surface area contributed by atoms with Crippen molar-refractivity contribution in [1.29, 1.82) is 0 Å². The Morgan fingerprint density at radius 3 is 2.48 bits per heavy atom. The summed E-state index contributed by atoms with van der Waals surface area (Å²) < 4.78 is 26.0. The van der Waals surface area contributed by atoms with Crippen LogP contribution in [0.5, 0.6) is 0 Å². The van der Waals surface area contributed by atoms with E-state index in [1.807, 2.05) is 31.2 Å². The van der Waals surface area contributed by atoms with Crippen molar-refractivity contribution in [3.63, 3.8) is 0 Å². The SMILES string of the molecule is CC1(CNC(=O)c2ccccc2)COC(c2nc(-c3ccc(F)cc3)c(-c3ccnc(NC4CCCCC4)n3)[nH]2)OC1. The van der Waals surface area contributed by atoms with Crippen LogP contribution in [0.15, 0.2) is 66.9 Å². The van der Waals surface area contributed by atoms with Crippen molar-refractivity contribution >= 4 is 11.9 Å². The third-order valence-electron chi connectivity index (χ3n) is 7.79. The molecule has 42 heavy (non-hydrogen) atoms. The van der Waals surface area contributed by atoms with Crippen LogP contribution < -0.4 is 10.6 Å². The second kappa shape index (κ2) is 12.4. The van der Waals surface area contributed by atoms with Gasteiger partial charge in [-0.25, -0.2) is 19.3 Å². The molecule has 218 valence electrons. The summed E-state index contributed by atoms with van der Waals surface area (Å²) in [5.41, 5.74) is 2.87. The smallest absolute Gasteiger partial charge is 0.251 e. The summed E-state index contributed by atoms with van der Waals surface area (Å²) in [6.07, 6.45) is 6.88. The highest BCUT2D eigenvalue weighted by Gasteiger charge is 2.35. The lowest BCUT2D eigenvalue weighted by Gasteiger charge is -2.36. The van der Waals surface area contributed by atoms with Crippen LogP contribution in [0.4, 0.5) is 10.3 Å². The van der Waals surface area contributed by atoms with Crippen LogP contribution in [-0.4, -0.2) is 51.6 Å². The maximum absolute atomic E-state index is 13.8. The number of hydrogen-bond acceptors (Lipinski definition) is 7. The van der Waals surface area contributed by atoms with Gasteiger partial charge in [-0.05, 0) is 55.3 Å². The van der Waals surface area contributed by atoms with Crippen molar-refractivity contribution < 1.29 is 18.7 Å². The topological polar surface area (TPSA) is 114 Å². The molecule has 0 radical (unpaired) electrons. The molecular weight excluding hydrogens is 535 g/mol. The summed E-state index contributed by atoms with van der Waals surface area (Å²) >= 11 is 0. The molecule has 2 fully saturated rings. The highest BCUT2D eigenvalue weighted by Crippen LogP contribution is 2.35. The maximum atomic E-state index is 13.8. The number of benzene rings is 2. The van der Waals surface area contributed by atoms with E-state index in [4.69, 9.17) is 19.4 Å². The molecule has 0 spiro atoms. The fourth-order valence-electron chi connectivity index (χ4n) is 5.39. The zero-order chi connectivity index (χ0) is 28.9. The molecule has 1 saturated carbocycles. The van der Waals surface area contributed by atoms with E-state index in [1.165, 1.54) is 31.4 Å². The predicted octanol–water partition coefficient (Wildman–Crippen LogP) is 5.90. The molecule has 1 aliphatic carbocycles. The van der Waals surface area contributed by atoms with E-state index in [1.54, 1.807) is 30.5 Å². The maximum Gasteiger partial charge on any atom is 0.251 e. The lowest BCUT2D eigenvalue weighted by molar-refractivity contribution is -0.231. The molecule has 0 atom stereocenters. The number of halogens is 1. The summed E-state index contributed by atoms with van der Waals surface area (Å²) in [7, 11) is 0. The van der Waals surface area contributed by atoms with Gasteiger partial charge in [0.05, 0.1) is 30.3 Å². The Hall–Kier alpha value is -4.15. The number of amides is 1. The number of aromatic nitrogens is 4. The second-order valence-electron chi connectivity index (χ2n) is 11.4. The number of nitrogens with zero attached hydrogens (tertiary/aromatic N) is 3. The molecule has 1 aliphatic heterocycles. The molecule has 10 heteroatoms. The number of imidazole rings is 1. The third kappa shape index (κ3) is 6.50. The van der Waals surface area contributed by atoms with E-state index in [-0.39, 0.29) is 11.7 Å². The van der Waals surface area contributed by atoms with Gasteiger partial charge in [0.1, 0.15) is 5.82 Å². The first-order chi connectivity index (χ1) is 20.5. The van der Waals surface area contributed by atoms with Crippen LogP contribution in [0.3, 0.4) is 0 Å². The van der Waals surface area contributed by atoms with Gasteiger partial charge in [-0.2, -0.15) is 0 Å². The van der Waals surface area contributed by atoms with Crippen LogP contribution in [0.25, 0.3) is 22.6 Å². The van der Waals surface area contributed by atoms with Crippen molar-refractivity contribution in [2.75, 3.05) is 25.1 Å². The Balaban J connectivity index is 1.20. The van der Waals surface area contributed by atoms with E-state index >= 15 is 0 Å². The molecule has 1 saturated heterocycles. The number of hydrogen-bond donors (Lipinski definition) is 3. The second-order valence-corrected chi connectivity index (χ2v) is 11.4. The van der Waals surface area contributed by atoms with Gasteiger partial charge in [0.25, 0.3) is 5.91 Å². The summed E-state index contributed by atoms with van der Waals surface area (Å²) in [5.74, 6) is 0.592. The lowest BCUT2D eigenvalue weighted by Crippen LogP contribution is -2.45. The molecule has 2 aromatic carbocycles. The van der Waals surface area contributed by atoms with Crippen LogP contribution in [0, 0.1) is 11.2 Å². The van der Waals surface area contributed by atoms with Gasteiger partial charge in [-0.1, -0.05) is 44.4 Å². The average molecular weight is 571 g/mol. The quantitative estimate of drug-likeness (QED) is 0.242. The number of rotatable bonds is 8. The fourth-order valence-corrected chi connectivity index (χ4v) is 5.39. The van der Waals surface area contributed by atoms with E-state index in [0.29, 0.717) is 60.2 Å². The molecule has 6 rings (SSSR count). The van der Waals surface area contributed by atoms with Gasteiger partial charge in [0, 0.05) is 35.3 Å². The monoisotopic (exact) mass is 570 g/mol. The summed E-state index contributed by atoms with van der Waals surface area (Å²) in [5, 5.41) is 6.47. The van der Waals surface area contributed by atoms with Crippen LogP contribution in [0.2, 0.25) is 0 Å². The van der Waals surface area contributed by atoms with Gasteiger partial charge in [0.15, 0.2) is 5.82 Å². The van der Waals surface area contributed by atoms with Crippen LogP contribution >= 0.6 is 0 Å². The summed E-state index contributed by atoms with van der Waals surface area (Å²) in [6, 6.07) is 17.5. The van der Waals surface area contributed by atoms with Crippen molar-refractivity contribution in [1.82, 2.24) is 25.3 Å². The first-order valence-corrected chi connectivity index (χ1v) is 14.5. The molecule has 2 aliphatic rings. The van der Waals surface area contributed by atoms with Crippen molar-refractivity contribution in [3.8, 4) is 22.6 Å². The standard InChI is InChI=1S/C32H35FN6O3/c1-32(18-35-29(40)22-8-4-2-5-9-22)19-41-30(42-20-32)28-38-26(21-12-14-23(33)15-13-21)27(39-28)25-16-17-34-31(37-25)36-24-10-6-3-7-11-24/h2,4-5,8-9,12-17,24,30H,3,6-7,10-11,18-20H2,1H3,(H,35,40)(H,38,39)(H,34,36,37). The Labute approximate surface area is 244 Å². The Kier molecular flexibility index (Phi) is 8.25. The van der Waals surface area contributed by atoms with Crippen molar-refractivity contribution in [3.05, 3.63) is 84.1 Å². The van der Waals surface area contributed by atoms with E-state index in [2.05, 4.69) is 20.6 Å². The molecule has 3 N–H and O–H groups in total. The first kappa shape index (κ1) is 28.0. The number of aromatic amines is 1. The van der Waals surface area contributed by atoms with Crippen LogP contribution in [0.1, 0.15) is 61.5 Å². The predicted molar refractivity (Wildman–Crippen MR) is 157 cm³/mol. The van der Waals surface area contributed by atoms with Gasteiger partial charge in [-0.15, -0.1) is 0 Å². The highest BCUT2D eigenvalue weighted by atomic mass is 19.1. The number of H-pyrrole nitrogens is 1. The van der Waals surface area contributed by atoms with Crippen molar-refractivity contribution in [2.24, 2.45) is 5.41 Å². The van der Waals surface area contributed by atoms with Gasteiger partial charge < -0.3 is 25.1 Å². The Morgan fingerprint density at radius 2 is 1.74 bits per heavy atom. The molecule has 2 aromatic heterocycles. The Bertz CT molecular complexity index is 1500. The molecule has 0 unspecified atom stereocenters. The van der Waals surface area contributed by atoms with Crippen LogP contribution in [-0.2, 0) is 9.47 Å². The number of anilines is 1. The van der Waals surface area contributed by atoms with Gasteiger partial charge in [-0.3, -0.25) is 4.79 Å². The zero-order valence-electron chi connectivity index (χ0n) is 23.6. The van der Waals surface area contributed by atoms with E-state index in [0.717, 1.165) is 18.4 Å². The first-order valence-electron chi connectivity index (χ1n) is 14.5. The minimum atomic E-state index is -0.738. The van der Waals surface area contributed by atoms with Crippen molar-refractivity contribution in [2.45, 2.75) is 51.4 Å². The normalized spacial score (nSPS) is 21.1. The van der Waals surface area contributed by atoms with E-state index in [9.17, 15) is 9.18 Å². The molecule has 0 bridgehead atoms. The molecular formula is C32H35FN6O3. The van der Waals surface area contributed by atoms with E-state index < -0.39 is 11.7 Å². The summed E-state index contributed by atoms with van der Waals surface area (Å²) in [4.78, 5) is 30.0. The molecule has 9 nitrogen and oxygen atoms in total. The lowest BCUT2D eigenvalue weighted by atomic mass is 9.92. The molecule has 1 amide bonds. The molecule has 4 aromatic rings. The molecule has 3 heterocycles. The largest absolute Gasteiger partial charge is 0.351 e. The van der Waals surface area contributed by atoms with Gasteiger partial charge >= 0.3 is 0 Å².